The summed E-state index contributed by atoms with van der Waals surface area (Å²) >= 11 is 0. The zero-order valence-electron chi connectivity index (χ0n) is 35.1. The van der Waals surface area contributed by atoms with Crippen LogP contribution in [-0.2, 0) is 10.8 Å². The summed E-state index contributed by atoms with van der Waals surface area (Å²) < 4.78 is 0. The molecule has 0 heterocycles. The predicted molar refractivity (Wildman–Crippen MR) is 255 cm³/mol. The number of nitrogens with zero attached hydrogens (tertiary/aromatic N) is 1. The third kappa shape index (κ3) is 5.60. The predicted octanol–water partition coefficient (Wildman–Crippen LogP) is 16.0. The average Bonchev–Trinajstić information content (AvgIpc) is 3.65. The Hall–Kier alpha value is -6.70. The van der Waals surface area contributed by atoms with Crippen molar-refractivity contribution in [3.63, 3.8) is 0 Å². The SMILES string of the molecule is CC1C=C(c2ccc3c(c2)C(C)(C)c2cc4ccccc4c(N(c4ccc(-c5ccccc5)cc4)c4ccc5c(c4)C(C)(C)c4ccccc4-5)c2-3)C=CC1c1ccccc1. The van der Waals surface area contributed by atoms with Crippen molar-refractivity contribution in [1.29, 1.82) is 0 Å². The van der Waals surface area contributed by atoms with Crippen LogP contribution in [-0.4, -0.2) is 0 Å². The molecule has 0 bridgehead atoms. The lowest BCUT2D eigenvalue weighted by atomic mass is 9.79. The Balaban J connectivity index is 1.11. The lowest BCUT2D eigenvalue weighted by Crippen LogP contribution is -2.18. The summed E-state index contributed by atoms with van der Waals surface area (Å²) in [5, 5.41) is 2.50. The largest absolute Gasteiger partial charge is 0.309 e. The van der Waals surface area contributed by atoms with E-state index in [9.17, 15) is 0 Å². The molecule has 0 saturated carbocycles. The number of hydrogen-bond donors (Lipinski definition) is 0. The summed E-state index contributed by atoms with van der Waals surface area (Å²) in [6.45, 7) is 12.0. The summed E-state index contributed by atoms with van der Waals surface area (Å²) in [5.74, 6) is 0.779. The van der Waals surface area contributed by atoms with Crippen LogP contribution in [0.4, 0.5) is 17.1 Å². The highest BCUT2D eigenvalue weighted by atomic mass is 15.1. The van der Waals surface area contributed by atoms with Gasteiger partial charge in [0.2, 0.25) is 0 Å². The van der Waals surface area contributed by atoms with Crippen molar-refractivity contribution >= 4 is 33.4 Å². The Bertz CT molecular complexity index is 3030. The third-order valence-corrected chi connectivity index (χ3v) is 13.9. The van der Waals surface area contributed by atoms with Crippen LogP contribution >= 0.6 is 0 Å². The van der Waals surface area contributed by atoms with E-state index in [1.165, 1.54) is 94.5 Å². The van der Waals surface area contributed by atoms with Crippen molar-refractivity contribution in [1.82, 2.24) is 0 Å². The molecule has 0 aliphatic heterocycles. The van der Waals surface area contributed by atoms with Gasteiger partial charge in [-0.2, -0.15) is 0 Å². The van der Waals surface area contributed by atoms with Gasteiger partial charge in [-0.3, -0.25) is 0 Å². The minimum atomic E-state index is -0.221. The average molecular weight is 772 g/mol. The third-order valence-electron chi connectivity index (χ3n) is 13.9. The van der Waals surface area contributed by atoms with Crippen molar-refractivity contribution in [2.24, 2.45) is 5.92 Å². The Morgan fingerprint density at radius 1 is 0.467 bits per heavy atom. The number of benzene rings is 8. The fraction of sp³-hybridized carbons (Fsp3) is 0.153. The van der Waals surface area contributed by atoms with Crippen LogP contribution in [0.5, 0.6) is 0 Å². The van der Waals surface area contributed by atoms with Gasteiger partial charge in [0.1, 0.15) is 0 Å². The molecule has 8 aromatic rings. The smallest absolute Gasteiger partial charge is 0.0621 e. The maximum atomic E-state index is 2.56. The molecule has 0 spiro atoms. The number of allylic oxidation sites excluding steroid dienone is 4. The molecule has 0 fully saturated rings. The van der Waals surface area contributed by atoms with E-state index in [0.29, 0.717) is 11.8 Å². The Labute approximate surface area is 355 Å². The number of fused-ring (bicyclic) bond motifs is 7. The summed E-state index contributed by atoms with van der Waals surface area (Å²) in [7, 11) is 0. The second-order valence-electron chi connectivity index (χ2n) is 18.2. The van der Waals surface area contributed by atoms with Crippen molar-refractivity contribution in [2.75, 3.05) is 4.90 Å². The number of anilines is 3. The van der Waals surface area contributed by atoms with Crippen molar-refractivity contribution in [2.45, 2.75) is 51.4 Å². The van der Waals surface area contributed by atoms with Crippen LogP contribution in [0.3, 0.4) is 0 Å². The molecule has 1 heteroatoms. The fourth-order valence-electron chi connectivity index (χ4n) is 10.7. The minimum Gasteiger partial charge on any atom is -0.309 e. The van der Waals surface area contributed by atoms with E-state index in [4.69, 9.17) is 0 Å². The molecule has 3 aliphatic rings. The van der Waals surface area contributed by atoms with E-state index in [1.54, 1.807) is 0 Å². The minimum absolute atomic E-state index is 0.128. The van der Waals surface area contributed by atoms with Crippen LogP contribution in [0, 0.1) is 5.92 Å². The summed E-state index contributed by atoms with van der Waals surface area (Å²) in [5.41, 5.74) is 20.4. The van der Waals surface area contributed by atoms with E-state index in [0.717, 1.165) is 5.69 Å². The van der Waals surface area contributed by atoms with Crippen LogP contribution in [0.15, 0.2) is 194 Å². The highest BCUT2D eigenvalue weighted by Crippen LogP contribution is 2.58. The molecule has 0 saturated heterocycles. The normalized spacial score (nSPS) is 17.7. The van der Waals surface area contributed by atoms with Crippen LogP contribution in [0.25, 0.3) is 49.7 Å². The van der Waals surface area contributed by atoms with Crippen molar-refractivity contribution < 1.29 is 0 Å². The van der Waals surface area contributed by atoms with Gasteiger partial charge in [0.15, 0.2) is 0 Å². The molecule has 11 rings (SSSR count). The van der Waals surface area contributed by atoms with Crippen LogP contribution < -0.4 is 4.90 Å². The van der Waals surface area contributed by atoms with Crippen LogP contribution in [0.2, 0.25) is 0 Å². The molecule has 2 atom stereocenters. The molecule has 290 valence electrons. The molecular formula is C59H49N. The molecule has 0 radical (unpaired) electrons. The van der Waals surface area contributed by atoms with Gasteiger partial charge >= 0.3 is 0 Å². The lowest BCUT2D eigenvalue weighted by Gasteiger charge is -2.32. The molecule has 8 aromatic carbocycles. The zero-order chi connectivity index (χ0) is 40.8. The van der Waals surface area contributed by atoms with Crippen molar-refractivity contribution in [3.8, 4) is 33.4 Å². The first-order chi connectivity index (χ1) is 29.2. The van der Waals surface area contributed by atoms with Crippen molar-refractivity contribution in [3.05, 3.63) is 228 Å². The Morgan fingerprint density at radius 2 is 1.07 bits per heavy atom. The van der Waals surface area contributed by atoms with Gasteiger partial charge in [0, 0.05) is 39.1 Å². The van der Waals surface area contributed by atoms with E-state index < -0.39 is 0 Å². The Morgan fingerprint density at radius 3 is 1.85 bits per heavy atom. The lowest BCUT2D eigenvalue weighted by molar-refractivity contribution is 0.637. The molecule has 60 heavy (non-hydrogen) atoms. The second-order valence-corrected chi connectivity index (χ2v) is 18.2. The second kappa shape index (κ2) is 13.7. The molecule has 3 aliphatic carbocycles. The van der Waals surface area contributed by atoms with Crippen LogP contribution in [0.1, 0.15) is 73.9 Å². The maximum absolute atomic E-state index is 2.56. The summed E-state index contributed by atoms with van der Waals surface area (Å²) in [6.07, 6.45) is 7.23. The highest BCUT2D eigenvalue weighted by molar-refractivity contribution is 6.10. The molecule has 0 aromatic heterocycles. The van der Waals surface area contributed by atoms with E-state index in [1.807, 2.05) is 0 Å². The van der Waals surface area contributed by atoms with Gasteiger partial charge < -0.3 is 4.90 Å². The summed E-state index contributed by atoms with van der Waals surface area (Å²) in [6, 6.07) is 65.7. The van der Waals surface area contributed by atoms with E-state index in [2.05, 4.69) is 234 Å². The monoisotopic (exact) mass is 771 g/mol. The maximum Gasteiger partial charge on any atom is 0.0621 e. The van der Waals surface area contributed by atoms with Gasteiger partial charge in [0.25, 0.3) is 0 Å². The topological polar surface area (TPSA) is 3.24 Å². The number of hydrogen-bond acceptors (Lipinski definition) is 1. The highest BCUT2D eigenvalue weighted by Gasteiger charge is 2.41. The van der Waals surface area contributed by atoms with Gasteiger partial charge in [-0.15, -0.1) is 0 Å². The Kier molecular flexibility index (Phi) is 8.30. The molecular weight excluding hydrogens is 723 g/mol. The van der Waals surface area contributed by atoms with E-state index >= 15 is 0 Å². The quantitative estimate of drug-likeness (QED) is 0.163. The van der Waals surface area contributed by atoms with Gasteiger partial charge in [0.05, 0.1) is 5.69 Å². The molecule has 0 amide bonds. The zero-order valence-corrected chi connectivity index (χ0v) is 35.1. The first kappa shape index (κ1) is 36.4. The fourth-order valence-corrected chi connectivity index (χ4v) is 10.7. The van der Waals surface area contributed by atoms with Gasteiger partial charge in [-0.25, -0.2) is 0 Å². The first-order valence-corrected chi connectivity index (χ1v) is 21.5. The number of rotatable bonds is 6. The van der Waals surface area contributed by atoms with E-state index in [-0.39, 0.29) is 10.8 Å². The summed E-state index contributed by atoms with van der Waals surface area (Å²) in [4.78, 5) is 2.56. The molecule has 1 nitrogen and oxygen atoms in total. The standard InChI is InChI=1S/C59H49N/c1-38-34-42(26-31-47(38)41-18-10-7-11-19-41)43-27-32-51-53(35-43)59(4,5)55-36-44-20-12-13-21-48(44)57(56(51)55)60(45-28-24-40(25-29-45)39-16-8-6-9-17-39)46-30-33-50-49-22-14-15-23-52(49)58(2,3)54(50)37-46/h6-38,47H,1-5H3. The first-order valence-electron chi connectivity index (χ1n) is 21.5. The molecule has 0 N–H and O–H groups in total. The van der Waals surface area contributed by atoms with Gasteiger partial charge in [-0.05, 0) is 114 Å². The molecule has 2 unspecified atom stereocenters. The van der Waals surface area contributed by atoms with Gasteiger partial charge in [-0.1, -0.05) is 192 Å².